The molecule has 2 aliphatic rings. The van der Waals surface area contributed by atoms with Gasteiger partial charge in [0.25, 0.3) is 5.91 Å². The predicted octanol–water partition coefficient (Wildman–Crippen LogP) is 4.47. The molecule has 0 bridgehead atoms. The third-order valence-corrected chi connectivity index (χ3v) is 7.07. The molecule has 1 amide bonds. The van der Waals surface area contributed by atoms with Crippen LogP contribution in [0.2, 0.25) is 0 Å². The van der Waals surface area contributed by atoms with Crippen molar-refractivity contribution in [3.63, 3.8) is 0 Å². The monoisotopic (exact) mass is 517 g/mol. The van der Waals surface area contributed by atoms with Crippen LogP contribution in [0.1, 0.15) is 58.0 Å². The van der Waals surface area contributed by atoms with Crippen molar-refractivity contribution in [2.24, 2.45) is 7.05 Å². The Labute approximate surface area is 211 Å². The zero-order valence-corrected chi connectivity index (χ0v) is 20.5. The van der Waals surface area contributed by atoms with Gasteiger partial charge in [0, 0.05) is 24.8 Å². The van der Waals surface area contributed by atoms with Gasteiger partial charge in [0.2, 0.25) is 0 Å². The zero-order valence-electron chi connectivity index (χ0n) is 20.5. The molecule has 11 heteroatoms. The van der Waals surface area contributed by atoms with Gasteiger partial charge in [-0.05, 0) is 53.9 Å². The molecule has 196 valence electrons. The quantitative estimate of drug-likeness (QED) is 0.353. The van der Waals surface area contributed by atoms with Gasteiger partial charge >= 0.3 is 6.18 Å². The normalized spacial score (nSPS) is 17.6. The van der Waals surface area contributed by atoms with Gasteiger partial charge in [-0.1, -0.05) is 19.1 Å². The minimum absolute atomic E-state index is 0.0395. The number of halogens is 4. The van der Waals surface area contributed by atoms with Crippen molar-refractivity contribution >= 4 is 11.6 Å². The molecule has 1 saturated heterocycles. The second kappa shape index (κ2) is 9.53. The summed E-state index contributed by atoms with van der Waals surface area (Å²) in [6.07, 6.45) is -3.88. The summed E-state index contributed by atoms with van der Waals surface area (Å²) < 4.78 is 64.6. The average Bonchev–Trinajstić information content (AvgIpc) is 3.41. The highest BCUT2D eigenvalue weighted by Gasteiger charge is 2.51. The Balaban J connectivity index is 1.49. The number of carbonyl (C=O) groups excluding carboxylic acids is 1. The molecule has 1 fully saturated rings. The average molecular weight is 518 g/mol. The van der Waals surface area contributed by atoms with Crippen molar-refractivity contribution in [2.75, 3.05) is 24.7 Å². The third-order valence-electron chi connectivity index (χ3n) is 7.07. The number of nitrogens with one attached hydrogen (secondary N) is 1. The smallest absolute Gasteiger partial charge is 0.379 e. The minimum atomic E-state index is -4.60. The van der Waals surface area contributed by atoms with Crippen LogP contribution < -0.4 is 10.2 Å². The molecule has 3 aromatic rings. The summed E-state index contributed by atoms with van der Waals surface area (Å²) in [5.74, 6) is -0.364. The van der Waals surface area contributed by atoms with Crippen LogP contribution >= 0.6 is 0 Å². The molecule has 7 nitrogen and oxygen atoms in total. The van der Waals surface area contributed by atoms with Gasteiger partial charge in [0.05, 0.1) is 30.7 Å². The molecule has 0 aliphatic carbocycles. The van der Waals surface area contributed by atoms with Gasteiger partial charge in [-0.3, -0.25) is 4.79 Å². The lowest BCUT2D eigenvalue weighted by Gasteiger charge is -2.43. The Hall–Kier alpha value is -3.31. The lowest BCUT2D eigenvalue weighted by atomic mass is 9.74. The summed E-state index contributed by atoms with van der Waals surface area (Å²) in [6, 6.07) is 9.37. The number of carbonyl (C=O) groups is 1. The Morgan fingerprint density at radius 1 is 1.22 bits per heavy atom. The standard InChI is InChI=1S/C26H27F4N5O2/c1-3-7-31-11-16-8-19-20(21(9-16)26(28,29)30)12-35(24(19)36)18-6-4-5-17(10-18)25(13-37-14-25)22(27)23-33-32-15-34(23)2/h4-6,8-10,15,22,31H,3,7,11-14H2,1-2H3/t22-/m0/s1. The Morgan fingerprint density at radius 2 is 2.00 bits per heavy atom. The first kappa shape index (κ1) is 25.3. The number of alkyl halides is 4. The number of aryl methyl sites for hydroxylation is 1. The topological polar surface area (TPSA) is 72.3 Å². The lowest BCUT2D eigenvalue weighted by Crippen LogP contribution is -2.50. The molecule has 1 N–H and O–H groups in total. The molecule has 0 unspecified atom stereocenters. The first-order valence-corrected chi connectivity index (χ1v) is 12.1. The van der Waals surface area contributed by atoms with E-state index >= 15 is 4.39 Å². The van der Waals surface area contributed by atoms with Crippen LogP contribution in [0.3, 0.4) is 0 Å². The second-order valence-corrected chi connectivity index (χ2v) is 9.60. The number of anilines is 1. The molecule has 5 rings (SSSR count). The number of amides is 1. The van der Waals surface area contributed by atoms with E-state index in [1.807, 2.05) is 6.92 Å². The SMILES string of the molecule is CCCNCc1cc2c(c(C(F)(F)F)c1)CN(c1cccc(C3([C@@H](F)c4nncn4C)COC3)c1)C2=O. The molecular weight excluding hydrogens is 490 g/mol. The maximum atomic E-state index is 15.8. The molecule has 37 heavy (non-hydrogen) atoms. The molecule has 1 aromatic heterocycles. The molecule has 0 saturated carbocycles. The van der Waals surface area contributed by atoms with E-state index in [1.165, 1.54) is 21.9 Å². The summed E-state index contributed by atoms with van der Waals surface area (Å²) in [5.41, 5.74) is -0.478. The van der Waals surface area contributed by atoms with E-state index in [1.54, 1.807) is 31.3 Å². The zero-order chi connectivity index (χ0) is 26.4. The maximum absolute atomic E-state index is 15.8. The van der Waals surface area contributed by atoms with E-state index in [0.717, 1.165) is 12.5 Å². The van der Waals surface area contributed by atoms with Gasteiger partial charge in [-0.15, -0.1) is 10.2 Å². The van der Waals surface area contributed by atoms with E-state index in [-0.39, 0.29) is 43.3 Å². The highest BCUT2D eigenvalue weighted by molar-refractivity contribution is 6.10. The number of ether oxygens (including phenoxy) is 1. The predicted molar refractivity (Wildman–Crippen MR) is 128 cm³/mol. The van der Waals surface area contributed by atoms with Crippen molar-refractivity contribution in [3.8, 4) is 0 Å². The van der Waals surface area contributed by atoms with Crippen LogP contribution in [0.5, 0.6) is 0 Å². The number of hydrogen-bond acceptors (Lipinski definition) is 5. The number of benzene rings is 2. The fraction of sp³-hybridized carbons (Fsp3) is 0.423. The molecule has 3 heterocycles. The van der Waals surface area contributed by atoms with E-state index in [2.05, 4.69) is 15.5 Å². The first-order valence-electron chi connectivity index (χ1n) is 12.1. The number of rotatable bonds is 8. The first-order chi connectivity index (χ1) is 17.7. The third kappa shape index (κ3) is 4.40. The maximum Gasteiger partial charge on any atom is 0.416 e. The number of hydrogen-bond donors (Lipinski definition) is 1. The minimum Gasteiger partial charge on any atom is -0.379 e. The van der Waals surface area contributed by atoms with Crippen molar-refractivity contribution < 1.29 is 27.1 Å². The van der Waals surface area contributed by atoms with E-state index < -0.39 is 29.2 Å². The van der Waals surface area contributed by atoms with Crippen LogP contribution in [-0.2, 0) is 36.5 Å². The van der Waals surface area contributed by atoms with Crippen molar-refractivity contribution in [1.82, 2.24) is 20.1 Å². The molecular formula is C26H27F4N5O2. The molecule has 2 aliphatic heterocycles. The van der Waals surface area contributed by atoms with Crippen molar-refractivity contribution in [2.45, 2.75) is 44.2 Å². The summed E-state index contributed by atoms with van der Waals surface area (Å²) >= 11 is 0. The molecule has 0 spiro atoms. The van der Waals surface area contributed by atoms with E-state index in [0.29, 0.717) is 23.4 Å². The second-order valence-electron chi connectivity index (χ2n) is 9.60. The van der Waals surface area contributed by atoms with E-state index in [4.69, 9.17) is 4.74 Å². The number of nitrogens with zero attached hydrogens (tertiary/aromatic N) is 4. The highest BCUT2D eigenvalue weighted by atomic mass is 19.4. The van der Waals surface area contributed by atoms with Crippen LogP contribution in [0.25, 0.3) is 0 Å². The molecule has 0 radical (unpaired) electrons. The number of aromatic nitrogens is 3. The lowest BCUT2D eigenvalue weighted by molar-refractivity contribution is -0.138. The van der Waals surface area contributed by atoms with Crippen molar-refractivity contribution in [1.29, 1.82) is 0 Å². The summed E-state index contributed by atoms with van der Waals surface area (Å²) in [6.45, 7) is 2.83. The van der Waals surface area contributed by atoms with Gasteiger partial charge < -0.3 is 19.5 Å². The fourth-order valence-electron chi connectivity index (χ4n) is 4.97. The van der Waals surface area contributed by atoms with Crippen LogP contribution in [0, 0.1) is 0 Å². The Bertz CT molecular complexity index is 1320. The Kier molecular flexibility index (Phi) is 6.53. The van der Waals surface area contributed by atoms with Crippen LogP contribution in [0.4, 0.5) is 23.2 Å². The molecule has 2 aromatic carbocycles. The van der Waals surface area contributed by atoms with Crippen LogP contribution in [0.15, 0.2) is 42.7 Å². The fourth-order valence-corrected chi connectivity index (χ4v) is 4.97. The largest absolute Gasteiger partial charge is 0.416 e. The summed E-state index contributed by atoms with van der Waals surface area (Å²) in [4.78, 5) is 14.7. The van der Waals surface area contributed by atoms with Crippen LogP contribution in [-0.4, -0.2) is 40.4 Å². The van der Waals surface area contributed by atoms with E-state index in [9.17, 15) is 18.0 Å². The molecule has 1 atom stereocenters. The highest BCUT2D eigenvalue weighted by Crippen LogP contribution is 2.46. The Morgan fingerprint density at radius 3 is 2.62 bits per heavy atom. The summed E-state index contributed by atoms with van der Waals surface area (Å²) in [7, 11) is 1.65. The van der Waals surface area contributed by atoms with Gasteiger partial charge in [0.1, 0.15) is 6.33 Å². The van der Waals surface area contributed by atoms with Crippen molar-refractivity contribution in [3.05, 3.63) is 76.4 Å². The van der Waals surface area contributed by atoms with Gasteiger partial charge in [-0.25, -0.2) is 4.39 Å². The number of fused-ring (bicyclic) bond motifs is 1. The van der Waals surface area contributed by atoms with Gasteiger partial charge in [0.15, 0.2) is 12.0 Å². The van der Waals surface area contributed by atoms with Gasteiger partial charge in [-0.2, -0.15) is 13.2 Å². The summed E-state index contributed by atoms with van der Waals surface area (Å²) in [5, 5.41) is 10.8.